The summed E-state index contributed by atoms with van der Waals surface area (Å²) in [4.78, 5) is 30.4. The highest BCUT2D eigenvalue weighted by molar-refractivity contribution is 6.43. The van der Waals surface area contributed by atoms with Crippen LogP contribution in [0.25, 0.3) is 48.7 Å². The van der Waals surface area contributed by atoms with Crippen LogP contribution in [0.2, 0.25) is 0 Å². The van der Waals surface area contributed by atoms with Crippen LogP contribution < -0.4 is 4.90 Å². The summed E-state index contributed by atoms with van der Waals surface area (Å²) >= 11 is 0. The molecule has 1 aliphatic rings. The third-order valence-electron chi connectivity index (χ3n) is 11.5. The molecule has 9 rings (SSSR count). The summed E-state index contributed by atoms with van der Waals surface area (Å²) in [5.41, 5.74) is 8.79. The molecule has 0 heterocycles. The van der Waals surface area contributed by atoms with E-state index in [9.17, 15) is 9.59 Å². The highest BCUT2D eigenvalue weighted by Gasteiger charge is 2.35. The van der Waals surface area contributed by atoms with E-state index < -0.39 is 0 Å². The first-order valence-electron chi connectivity index (χ1n) is 18.8. The van der Waals surface area contributed by atoms with Gasteiger partial charge in [-0.25, -0.2) is 0 Å². The number of ketones is 2. The average molecular weight is 702 g/mol. The van der Waals surface area contributed by atoms with Gasteiger partial charge in [0.15, 0.2) is 11.6 Å². The van der Waals surface area contributed by atoms with Gasteiger partial charge in [0.25, 0.3) is 0 Å². The summed E-state index contributed by atoms with van der Waals surface area (Å²) in [7, 11) is 0. The van der Waals surface area contributed by atoms with Crippen molar-refractivity contribution in [3.63, 3.8) is 0 Å². The summed E-state index contributed by atoms with van der Waals surface area (Å²) in [6.45, 7) is 15.4. The van der Waals surface area contributed by atoms with E-state index in [2.05, 4.69) is 144 Å². The number of Topliss-reactive ketones (excluding diaryl/α,β-unsaturated/α-hetero) is 2. The van der Waals surface area contributed by atoms with Crippen LogP contribution in [0.3, 0.4) is 0 Å². The Morgan fingerprint density at radius 3 is 1.43 bits per heavy atom. The molecule has 0 atom stereocenters. The summed E-state index contributed by atoms with van der Waals surface area (Å²) in [5.74, 6) is -0.395. The van der Waals surface area contributed by atoms with Crippen LogP contribution in [-0.4, -0.2) is 11.6 Å². The summed E-state index contributed by atoms with van der Waals surface area (Å²) in [6, 6.07) is 47.0. The lowest BCUT2D eigenvalue weighted by Gasteiger charge is -2.29. The number of hydrogen-bond donors (Lipinski definition) is 0. The van der Waals surface area contributed by atoms with Gasteiger partial charge in [-0.15, -0.1) is 0 Å². The highest BCUT2D eigenvalue weighted by Crippen LogP contribution is 2.46. The maximum Gasteiger partial charge on any atom is 0.198 e. The molecule has 0 radical (unpaired) electrons. The molecule has 8 aromatic carbocycles. The Balaban J connectivity index is 1.24. The van der Waals surface area contributed by atoms with Crippen LogP contribution in [0, 0.1) is 0 Å². The molecule has 0 fully saturated rings. The van der Waals surface area contributed by atoms with Crippen LogP contribution in [0.15, 0.2) is 139 Å². The highest BCUT2D eigenvalue weighted by atomic mass is 16.2. The Kier molecular flexibility index (Phi) is 7.49. The van der Waals surface area contributed by atoms with E-state index in [0.29, 0.717) is 16.7 Å². The summed E-state index contributed by atoms with van der Waals surface area (Å²) in [5, 5.41) is 8.66. The SMILES string of the molecule is CC(=C1C(=O)c2cc3ccccc3cc2C1=O)c1ccc2ccc3c(N(c4ccc(C(C)(C)C)cc4)c4ccc(C(C)(C)C)cc4)ccc4ccc1c2c43. The van der Waals surface area contributed by atoms with E-state index in [1.807, 2.05) is 43.3 Å². The second-order valence-corrected chi connectivity index (χ2v) is 17.0. The molecule has 0 unspecified atom stereocenters. The Bertz CT molecular complexity index is 2750. The predicted molar refractivity (Wildman–Crippen MR) is 227 cm³/mol. The van der Waals surface area contributed by atoms with Crippen LogP contribution in [0.1, 0.15) is 85.9 Å². The normalized spacial score (nSPS) is 13.5. The van der Waals surface area contributed by atoms with Crippen molar-refractivity contribution in [2.45, 2.75) is 59.3 Å². The van der Waals surface area contributed by atoms with Gasteiger partial charge in [-0.2, -0.15) is 0 Å². The number of hydrogen-bond acceptors (Lipinski definition) is 3. The molecule has 264 valence electrons. The Hall–Kier alpha value is -6.06. The van der Waals surface area contributed by atoms with E-state index >= 15 is 0 Å². The van der Waals surface area contributed by atoms with Crippen LogP contribution in [-0.2, 0) is 10.8 Å². The van der Waals surface area contributed by atoms with Gasteiger partial charge >= 0.3 is 0 Å². The number of carbonyl (C=O) groups excluding carboxylic acids is 2. The van der Waals surface area contributed by atoms with E-state index in [1.165, 1.54) is 16.5 Å². The third-order valence-corrected chi connectivity index (χ3v) is 11.5. The molecule has 0 saturated heterocycles. The number of carbonyl (C=O) groups is 2. The standard InChI is InChI=1S/C51H43NO2/c1-30(45-48(53)42-28-33-10-8-9-11-34(33)29-43(42)49(45)54)39-24-12-31-14-26-41-44(27-15-32-13-25-40(39)46(31)47(32)41)52(37-20-16-35(17-21-37)50(2,3)4)38-22-18-36(19-23-38)51(5,6)7/h8-29H,1-7H3. The third kappa shape index (κ3) is 5.25. The van der Waals surface area contributed by atoms with Crippen molar-refractivity contribution in [2.24, 2.45) is 0 Å². The van der Waals surface area contributed by atoms with E-state index in [4.69, 9.17) is 0 Å². The minimum Gasteiger partial charge on any atom is -0.310 e. The Morgan fingerprint density at radius 1 is 0.481 bits per heavy atom. The quantitative estimate of drug-likeness (QED) is 0.104. The van der Waals surface area contributed by atoms with Crippen molar-refractivity contribution in [1.29, 1.82) is 0 Å². The zero-order valence-corrected chi connectivity index (χ0v) is 32.0. The van der Waals surface area contributed by atoms with Crippen molar-refractivity contribution in [1.82, 2.24) is 0 Å². The molecule has 54 heavy (non-hydrogen) atoms. The van der Waals surface area contributed by atoms with Crippen LogP contribution >= 0.6 is 0 Å². The second-order valence-electron chi connectivity index (χ2n) is 17.0. The lowest BCUT2D eigenvalue weighted by molar-refractivity contribution is 0.0990. The first-order chi connectivity index (χ1) is 25.8. The fraction of sp³-hybridized carbons (Fsp3) is 0.176. The van der Waals surface area contributed by atoms with Gasteiger partial charge in [0.1, 0.15) is 0 Å². The zero-order valence-electron chi connectivity index (χ0n) is 32.0. The molecule has 8 aromatic rings. The minimum atomic E-state index is -0.197. The first-order valence-corrected chi connectivity index (χ1v) is 18.8. The molecule has 0 aromatic heterocycles. The lowest BCUT2D eigenvalue weighted by Crippen LogP contribution is -2.14. The van der Waals surface area contributed by atoms with Crippen molar-refractivity contribution in [2.75, 3.05) is 4.90 Å². The molecular formula is C51H43NO2. The monoisotopic (exact) mass is 701 g/mol. The van der Waals surface area contributed by atoms with Gasteiger partial charge in [0.05, 0.1) is 11.3 Å². The van der Waals surface area contributed by atoms with Crippen molar-refractivity contribution >= 4 is 77.3 Å². The number of allylic oxidation sites excluding steroid dienone is 2. The molecule has 0 amide bonds. The molecule has 3 nitrogen and oxygen atoms in total. The van der Waals surface area contributed by atoms with Gasteiger partial charge < -0.3 is 4.90 Å². The maximum atomic E-state index is 14.0. The number of anilines is 3. The summed E-state index contributed by atoms with van der Waals surface area (Å²) < 4.78 is 0. The van der Waals surface area contributed by atoms with Gasteiger partial charge in [0.2, 0.25) is 0 Å². The lowest BCUT2D eigenvalue weighted by atomic mass is 9.86. The van der Waals surface area contributed by atoms with Crippen molar-refractivity contribution < 1.29 is 9.59 Å². The number of fused-ring (bicyclic) bond motifs is 2. The molecular weight excluding hydrogens is 659 g/mol. The topological polar surface area (TPSA) is 37.4 Å². The van der Waals surface area contributed by atoms with Gasteiger partial charge in [0, 0.05) is 27.9 Å². The van der Waals surface area contributed by atoms with Crippen LogP contribution in [0.5, 0.6) is 0 Å². The van der Waals surface area contributed by atoms with Gasteiger partial charge in [-0.3, -0.25) is 9.59 Å². The van der Waals surface area contributed by atoms with Crippen molar-refractivity contribution in [3.05, 3.63) is 167 Å². The second kappa shape index (κ2) is 12.0. The molecule has 0 saturated carbocycles. The molecule has 0 N–H and O–H groups in total. The fourth-order valence-electron chi connectivity index (χ4n) is 8.42. The average Bonchev–Trinajstić information content (AvgIpc) is 3.40. The van der Waals surface area contributed by atoms with Crippen LogP contribution in [0.4, 0.5) is 17.1 Å². The van der Waals surface area contributed by atoms with Gasteiger partial charge in [-0.05, 0) is 120 Å². The Morgan fingerprint density at radius 2 is 0.926 bits per heavy atom. The smallest absolute Gasteiger partial charge is 0.198 e. The minimum absolute atomic E-state index is 0.0421. The number of nitrogens with zero attached hydrogens (tertiary/aromatic N) is 1. The molecule has 3 heteroatoms. The van der Waals surface area contributed by atoms with Gasteiger partial charge in [-0.1, -0.05) is 133 Å². The van der Waals surface area contributed by atoms with E-state index in [0.717, 1.165) is 60.3 Å². The zero-order chi connectivity index (χ0) is 37.7. The molecule has 0 spiro atoms. The molecule has 0 aliphatic heterocycles. The maximum absolute atomic E-state index is 14.0. The Labute approximate surface area is 316 Å². The van der Waals surface area contributed by atoms with E-state index in [1.54, 1.807) is 0 Å². The van der Waals surface area contributed by atoms with E-state index in [-0.39, 0.29) is 28.0 Å². The predicted octanol–water partition coefficient (Wildman–Crippen LogP) is 13.7. The number of benzene rings is 8. The largest absolute Gasteiger partial charge is 0.310 e. The fourth-order valence-corrected chi connectivity index (χ4v) is 8.42. The molecule has 0 bridgehead atoms. The number of rotatable bonds is 4. The molecule has 1 aliphatic carbocycles. The van der Waals surface area contributed by atoms with Crippen molar-refractivity contribution in [3.8, 4) is 0 Å². The summed E-state index contributed by atoms with van der Waals surface area (Å²) in [6.07, 6.45) is 0. The first kappa shape index (κ1) is 33.8.